The van der Waals surface area contributed by atoms with Crippen molar-refractivity contribution >= 4 is 11.5 Å². The number of aromatic nitrogens is 2. The third-order valence-corrected chi connectivity index (χ3v) is 1.56. The highest BCUT2D eigenvalue weighted by Crippen LogP contribution is 2.02. The lowest BCUT2D eigenvalue weighted by Crippen LogP contribution is -2.03. The van der Waals surface area contributed by atoms with Crippen LogP contribution in [0.15, 0.2) is 6.33 Å². The molecular weight excluding hydrogens is 136 g/mol. The molecule has 0 aromatic carbocycles. The van der Waals surface area contributed by atoms with Crippen LogP contribution in [-0.4, -0.2) is 20.6 Å². The van der Waals surface area contributed by atoms with E-state index in [0.29, 0.717) is 6.42 Å². The van der Waals surface area contributed by atoms with E-state index < -0.39 is 0 Å². The molecule has 0 aliphatic rings. The van der Waals surface area contributed by atoms with Gasteiger partial charge in [-0.15, -0.1) is 0 Å². The molecule has 1 aromatic rings. The molecule has 1 N–H and O–H groups in total. The Bertz CT molecular complexity index is 161. The van der Waals surface area contributed by atoms with E-state index in [0.717, 1.165) is 5.01 Å². The van der Waals surface area contributed by atoms with Crippen molar-refractivity contribution in [2.45, 2.75) is 19.4 Å². The maximum Gasteiger partial charge on any atom is 0.129 e. The van der Waals surface area contributed by atoms with Crippen molar-refractivity contribution in [1.29, 1.82) is 0 Å². The second-order valence-electron chi connectivity index (χ2n) is 1.89. The van der Waals surface area contributed by atoms with Crippen LogP contribution in [0.5, 0.6) is 0 Å². The molecule has 0 radical (unpaired) electrons. The molecule has 1 rings (SSSR count). The van der Waals surface area contributed by atoms with Gasteiger partial charge >= 0.3 is 0 Å². The Morgan fingerprint density at radius 1 is 1.89 bits per heavy atom. The summed E-state index contributed by atoms with van der Waals surface area (Å²) in [5.41, 5.74) is 0. The molecule has 0 spiro atoms. The topological polar surface area (TPSA) is 46.0 Å². The first kappa shape index (κ1) is 6.64. The van der Waals surface area contributed by atoms with Crippen LogP contribution in [0.3, 0.4) is 0 Å². The fourth-order valence-corrected chi connectivity index (χ4v) is 1.16. The van der Waals surface area contributed by atoms with Crippen molar-refractivity contribution in [3.63, 3.8) is 0 Å². The third-order valence-electron chi connectivity index (χ3n) is 0.877. The van der Waals surface area contributed by atoms with E-state index in [1.54, 1.807) is 6.92 Å². The highest BCUT2D eigenvalue weighted by molar-refractivity contribution is 7.05. The van der Waals surface area contributed by atoms with Crippen molar-refractivity contribution in [1.82, 2.24) is 9.36 Å². The van der Waals surface area contributed by atoms with Gasteiger partial charge in [-0.1, -0.05) is 0 Å². The van der Waals surface area contributed by atoms with Crippen LogP contribution in [0.4, 0.5) is 0 Å². The Kier molecular flexibility index (Phi) is 2.13. The first-order valence-electron chi connectivity index (χ1n) is 2.72. The normalized spacial score (nSPS) is 13.6. The molecule has 4 heteroatoms. The first-order valence-corrected chi connectivity index (χ1v) is 3.50. The van der Waals surface area contributed by atoms with E-state index in [4.69, 9.17) is 5.11 Å². The fourth-order valence-electron chi connectivity index (χ4n) is 0.539. The van der Waals surface area contributed by atoms with Gasteiger partial charge in [0.05, 0.1) is 6.10 Å². The number of hydrogen-bond donors (Lipinski definition) is 1. The molecule has 1 aromatic heterocycles. The van der Waals surface area contributed by atoms with Gasteiger partial charge in [0.1, 0.15) is 11.3 Å². The Hall–Kier alpha value is -0.480. The standard InChI is InChI=1S/C5H8N2OS/c1-4(8)2-5-6-3-7-9-5/h3-4,8H,2H2,1H3. The maximum atomic E-state index is 8.86. The molecule has 3 nitrogen and oxygen atoms in total. The van der Waals surface area contributed by atoms with Crippen LogP contribution in [0.1, 0.15) is 11.9 Å². The molecule has 0 aliphatic carbocycles. The van der Waals surface area contributed by atoms with E-state index in [-0.39, 0.29) is 6.10 Å². The smallest absolute Gasteiger partial charge is 0.129 e. The molecule has 0 amide bonds. The predicted octanol–water partition coefficient (Wildman–Crippen LogP) is 0.461. The minimum atomic E-state index is -0.307. The van der Waals surface area contributed by atoms with E-state index >= 15 is 0 Å². The van der Waals surface area contributed by atoms with Crippen molar-refractivity contribution in [3.05, 3.63) is 11.3 Å². The summed E-state index contributed by atoms with van der Waals surface area (Å²) in [7, 11) is 0. The van der Waals surface area contributed by atoms with Gasteiger partial charge in [-0.3, -0.25) is 0 Å². The van der Waals surface area contributed by atoms with Gasteiger partial charge in [0, 0.05) is 6.42 Å². The first-order chi connectivity index (χ1) is 4.29. The van der Waals surface area contributed by atoms with Crippen LogP contribution in [0, 0.1) is 0 Å². The summed E-state index contributed by atoms with van der Waals surface area (Å²) in [5.74, 6) is 0. The lowest BCUT2D eigenvalue weighted by atomic mass is 10.3. The lowest BCUT2D eigenvalue weighted by Gasteiger charge is -1.96. The number of aliphatic hydroxyl groups is 1. The van der Waals surface area contributed by atoms with Gasteiger partial charge in [-0.2, -0.15) is 4.37 Å². The monoisotopic (exact) mass is 144 g/mol. The van der Waals surface area contributed by atoms with Crippen molar-refractivity contribution in [2.24, 2.45) is 0 Å². The number of nitrogens with zero attached hydrogens (tertiary/aromatic N) is 2. The largest absolute Gasteiger partial charge is 0.393 e. The Balaban J connectivity index is 2.48. The van der Waals surface area contributed by atoms with Crippen LogP contribution in [0.25, 0.3) is 0 Å². The lowest BCUT2D eigenvalue weighted by molar-refractivity contribution is 0.195. The number of hydrogen-bond acceptors (Lipinski definition) is 4. The zero-order valence-electron chi connectivity index (χ0n) is 5.11. The van der Waals surface area contributed by atoms with Gasteiger partial charge in [-0.05, 0) is 18.5 Å². The molecule has 9 heavy (non-hydrogen) atoms. The minimum Gasteiger partial charge on any atom is -0.393 e. The summed E-state index contributed by atoms with van der Waals surface area (Å²) in [4.78, 5) is 3.90. The van der Waals surface area contributed by atoms with Crippen LogP contribution in [-0.2, 0) is 6.42 Å². The summed E-state index contributed by atoms with van der Waals surface area (Å²) in [6.07, 6.45) is 1.81. The summed E-state index contributed by atoms with van der Waals surface area (Å²) in [6.45, 7) is 1.74. The van der Waals surface area contributed by atoms with E-state index in [1.807, 2.05) is 0 Å². The molecular formula is C5H8N2OS. The number of aliphatic hydroxyl groups excluding tert-OH is 1. The summed E-state index contributed by atoms with van der Waals surface area (Å²) in [5, 5.41) is 9.76. The molecule has 0 aliphatic heterocycles. The Labute approximate surface area is 57.5 Å². The third kappa shape index (κ3) is 2.07. The second kappa shape index (κ2) is 2.89. The molecule has 0 saturated carbocycles. The number of rotatable bonds is 2. The zero-order valence-corrected chi connectivity index (χ0v) is 5.93. The molecule has 0 saturated heterocycles. The van der Waals surface area contributed by atoms with Crippen LogP contribution >= 0.6 is 11.5 Å². The van der Waals surface area contributed by atoms with Gasteiger partial charge in [-0.25, -0.2) is 4.98 Å². The van der Waals surface area contributed by atoms with Gasteiger partial charge in [0.2, 0.25) is 0 Å². The quantitative estimate of drug-likeness (QED) is 0.656. The molecule has 0 fully saturated rings. The summed E-state index contributed by atoms with van der Waals surface area (Å²) >= 11 is 1.33. The van der Waals surface area contributed by atoms with Crippen molar-refractivity contribution in [3.8, 4) is 0 Å². The fraction of sp³-hybridized carbons (Fsp3) is 0.600. The van der Waals surface area contributed by atoms with Gasteiger partial charge in [0.15, 0.2) is 0 Å². The molecule has 50 valence electrons. The molecule has 1 atom stereocenters. The second-order valence-corrected chi connectivity index (χ2v) is 2.75. The summed E-state index contributed by atoms with van der Waals surface area (Å²) in [6, 6.07) is 0. The minimum absolute atomic E-state index is 0.307. The van der Waals surface area contributed by atoms with Crippen molar-refractivity contribution in [2.75, 3.05) is 0 Å². The summed E-state index contributed by atoms with van der Waals surface area (Å²) < 4.78 is 3.79. The average Bonchev–Trinajstić information content (AvgIpc) is 2.15. The van der Waals surface area contributed by atoms with Crippen LogP contribution in [0.2, 0.25) is 0 Å². The van der Waals surface area contributed by atoms with Crippen molar-refractivity contribution < 1.29 is 5.11 Å². The molecule has 0 bridgehead atoms. The highest BCUT2D eigenvalue weighted by Gasteiger charge is 2.00. The SMILES string of the molecule is CC(O)Cc1ncns1. The van der Waals surface area contributed by atoms with Gasteiger partial charge in [0.25, 0.3) is 0 Å². The zero-order chi connectivity index (χ0) is 6.69. The molecule has 1 heterocycles. The van der Waals surface area contributed by atoms with Crippen LogP contribution < -0.4 is 0 Å². The average molecular weight is 144 g/mol. The predicted molar refractivity (Wildman–Crippen MR) is 35.3 cm³/mol. The maximum absolute atomic E-state index is 8.86. The Morgan fingerprint density at radius 3 is 3.11 bits per heavy atom. The Morgan fingerprint density at radius 2 is 2.67 bits per heavy atom. The van der Waals surface area contributed by atoms with E-state index in [2.05, 4.69) is 9.36 Å². The van der Waals surface area contributed by atoms with E-state index in [9.17, 15) is 0 Å². The van der Waals surface area contributed by atoms with E-state index in [1.165, 1.54) is 17.9 Å². The molecule has 1 unspecified atom stereocenters. The van der Waals surface area contributed by atoms with Gasteiger partial charge < -0.3 is 5.11 Å². The highest BCUT2D eigenvalue weighted by atomic mass is 32.1.